The molecule has 1 amide bonds. The van der Waals surface area contributed by atoms with Gasteiger partial charge in [-0.15, -0.1) is 0 Å². The fourth-order valence-electron chi connectivity index (χ4n) is 3.09. The second-order valence-corrected chi connectivity index (χ2v) is 6.89. The molecule has 1 aromatic rings. The molecular formula is C20H29NO4. The van der Waals surface area contributed by atoms with Crippen molar-refractivity contribution in [1.82, 2.24) is 0 Å². The number of hydrogen-bond donors (Lipinski definition) is 1. The third-order valence-corrected chi connectivity index (χ3v) is 4.85. The summed E-state index contributed by atoms with van der Waals surface area (Å²) in [6, 6.07) is 7.18. The molecule has 5 heteroatoms. The first-order valence-electron chi connectivity index (χ1n) is 9.20. The molecule has 0 saturated heterocycles. The third kappa shape index (κ3) is 6.40. The van der Waals surface area contributed by atoms with Gasteiger partial charge in [-0.2, -0.15) is 0 Å². The van der Waals surface area contributed by atoms with E-state index in [1.54, 1.807) is 24.3 Å². The minimum absolute atomic E-state index is 0.00729. The Bertz CT molecular complexity index is 570. The minimum atomic E-state index is -0.284. The summed E-state index contributed by atoms with van der Waals surface area (Å²) in [5, 5.41) is 2.78. The van der Waals surface area contributed by atoms with Crippen molar-refractivity contribution in [2.45, 2.75) is 59.0 Å². The molecule has 0 heterocycles. The summed E-state index contributed by atoms with van der Waals surface area (Å²) in [5.74, 6) is 1.56. The maximum atomic E-state index is 12.0. The molecule has 0 radical (unpaired) electrons. The quantitative estimate of drug-likeness (QED) is 0.752. The zero-order chi connectivity index (χ0) is 18.2. The largest absolute Gasteiger partial charge is 0.494 e. The van der Waals surface area contributed by atoms with Crippen LogP contribution in [-0.2, 0) is 14.3 Å². The van der Waals surface area contributed by atoms with E-state index in [4.69, 9.17) is 9.47 Å². The first kappa shape index (κ1) is 19.3. The Hall–Kier alpha value is -2.04. The van der Waals surface area contributed by atoms with Crippen LogP contribution in [0.4, 0.5) is 5.69 Å². The molecule has 1 aliphatic carbocycles. The summed E-state index contributed by atoms with van der Waals surface area (Å²) < 4.78 is 10.9. The predicted molar refractivity (Wildman–Crippen MR) is 97.5 cm³/mol. The molecular weight excluding hydrogens is 318 g/mol. The number of ether oxygens (including phenoxy) is 2. The van der Waals surface area contributed by atoms with Gasteiger partial charge in [0, 0.05) is 12.1 Å². The van der Waals surface area contributed by atoms with Crippen LogP contribution in [-0.4, -0.2) is 24.6 Å². The van der Waals surface area contributed by atoms with Crippen molar-refractivity contribution in [3.8, 4) is 5.75 Å². The fourth-order valence-corrected chi connectivity index (χ4v) is 3.09. The van der Waals surface area contributed by atoms with Gasteiger partial charge in [-0.05, 0) is 62.3 Å². The van der Waals surface area contributed by atoms with Gasteiger partial charge in [0.15, 0.2) is 0 Å². The highest BCUT2D eigenvalue weighted by molar-refractivity contribution is 5.92. The Balaban J connectivity index is 1.69. The summed E-state index contributed by atoms with van der Waals surface area (Å²) in [5.41, 5.74) is 0.692. The number of anilines is 1. The van der Waals surface area contributed by atoms with E-state index in [1.165, 1.54) is 0 Å². The van der Waals surface area contributed by atoms with Crippen LogP contribution in [0, 0.1) is 11.8 Å². The maximum absolute atomic E-state index is 12.0. The van der Waals surface area contributed by atoms with Crippen LogP contribution < -0.4 is 10.1 Å². The fraction of sp³-hybridized carbons (Fsp3) is 0.600. The van der Waals surface area contributed by atoms with Gasteiger partial charge >= 0.3 is 5.97 Å². The summed E-state index contributed by atoms with van der Waals surface area (Å²) >= 11 is 0. The summed E-state index contributed by atoms with van der Waals surface area (Å²) in [6.45, 7) is 6.97. The van der Waals surface area contributed by atoms with E-state index in [9.17, 15) is 9.59 Å². The smallest absolute Gasteiger partial charge is 0.306 e. The molecule has 1 N–H and O–H groups in total. The molecule has 3 unspecified atom stereocenters. The number of nitrogens with one attached hydrogen (secondary N) is 1. The number of amides is 1. The lowest BCUT2D eigenvalue weighted by molar-refractivity contribution is -0.152. The van der Waals surface area contributed by atoms with Gasteiger partial charge in [0.05, 0.1) is 13.0 Å². The lowest BCUT2D eigenvalue weighted by Gasteiger charge is -2.31. The zero-order valence-electron chi connectivity index (χ0n) is 15.4. The lowest BCUT2D eigenvalue weighted by atomic mass is 9.80. The molecule has 3 atom stereocenters. The first-order chi connectivity index (χ1) is 12.0. The van der Waals surface area contributed by atoms with Gasteiger partial charge in [0.1, 0.15) is 11.9 Å². The molecule has 2 rings (SSSR count). The predicted octanol–water partition coefficient (Wildman–Crippen LogP) is 4.17. The molecule has 1 aliphatic rings. The van der Waals surface area contributed by atoms with Crippen molar-refractivity contribution in [1.29, 1.82) is 0 Å². The average molecular weight is 347 g/mol. The molecule has 138 valence electrons. The first-order valence-corrected chi connectivity index (χ1v) is 9.20. The van der Waals surface area contributed by atoms with Crippen LogP contribution in [0.5, 0.6) is 5.75 Å². The van der Waals surface area contributed by atoms with Crippen LogP contribution in [0.2, 0.25) is 0 Å². The van der Waals surface area contributed by atoms with E-state index in [0.29, 0.717) is 24.1 Å². The van der Waals surface area contributed by atoms with Crippen LogP contribution in [0.25, 0.3) is 0 Å². The Morgan fingerprint density at radius 1 is 1.08 bits per heavy atom. The standard InChI is InChI=1S/C20H29NO4/c1-4-24-17-9-6-16(7-10-17)21-19(22)11-12-20(23)25-18-8-5-14(2)15(3)13-18/h6-7,9-10,14-15,18H,4-5,8,11-13H2,1-3H3,(H,21,22). The number of hydrogen-bond acceptors (Lipinski definition) is 4. The van der Waals surface area contributed by atoms with Crippen molar-refractivity contribution in [3.63, 3.8) is 0 Å². The minimum Gasteiger partial charge on any atom is -0.494 e. The number of rotatable bonds is 7. The topological polar surface area (TPSA) is 64.6 Å². The monoisotopic (exact) mass is 347 g/mol. The molecule has 0 bridgehead atoms. The zero-order valence-corrected chi connectivity index (χ0v) is 15.4. The third-order valence-electron chi connectivity index (χ3n) is 4.85. The number of benzene rings is 1. The van der Waals surface area contributed by atoms with E-state index in [2.05, 4.69) is 19.2 Å². The molecule has 1 aromatic carbocycles. The second kappa shape index (κ2) is 9.44. The van der Waals surface area contributed by atoms with Crippen molar-refractivity contribution in [2.75, 3.05) is 11.9 Å². The lowest BCUT2D eigenvalue weighted by Crippen LogP contribution is -2.29. The molecule has 1 saturated carbocycles. The Kier molecular flexibility index (Phi) is 7.29. The molecule has 0 aliphatic heterocycles. The van der Waals surface area contributed by atoms with E-state index < -0.39 is 0 Å². The average Bonchev–Trinajstić information content (AvgIpc) is 2.58. The molecule has 25 heavy (non-hydrogen) atoms. The van der Waals surface area contributed by atoms with Crippen molar-refractivity contribution >= 4 is 17.6 Å². The highest BCUT2D eigenvalue weighted by Crippen LogP contribution is 2.31. The number of carbonyl (C=O) groups is 2. The normalized spacial score (nSPS) is 22.9. The van der Waals surface area contributed by atoms with E-state index in [-0.39, 0.29) is 30.8 Å². The number of carbonyl (C=O) groups excluding carboxylic acids is 2. The molecule has 0 spiro atoms. The van der Waals surface area contributed by atoms with Crippen LogP contribution >= 0.6 is 0 Å². The van der Waals surface area contributed by atoms with Crippen molar-refractivity contribution in [2.24, 2.45) is 11.8 Å². The summed E-state index contributed by atoms with van der Waals surface area (Å²) in [6.07, 6.45) is 3.19. The second-order valence-electron chi connectivity index (χ2n) is 6.89. The van der Waals surface area contributed by atoms with Crippen molar-refractivity contribution < 1.29 is 19.1 Å². The highest BCUT2D eigenvalue weighted by Gasteiger charge is 2.27. The Labute approximate surface area is 150 Å². The van der Waals surface area contributed by atoms with Crippen LogP contribution in [0.15, 0.2) is 24.3 Å². The number of esters is 1. The van der Waals surface area contributed by atoms with E-state index >= 15 is 0 Å². The summed E-state index contributed by atoms with van der Waals surface area (Å²) in [4.78, 5) is 23.9. The van der Waals surface area contributed by atoms with Crippen LogP contribution in [0.3, 0.4) is 0 Å². The maximum Gasteiger partial charge on any atom is 0.306 e. The van der Waals surface area contributed by atoms with Gasteiger partial charge in [-0.3, -0.25) is 9.59 Å². The molecule has 0 aromatic heterocycles. The van der Waals surface area contributed by atoms with E-state index in [1.807, 2.05) is 6.92 Å². The Morgan fingerprint density at radius 2 is 1.80 bits per heavy atom. The Morgan fingerprint density at radius 3 is 2.44 bits per heavy atom. The van der Waals surface area contributed by atoms with Gasteiger partial charge in [-0.25, -0.2) is 0 Å². The molecule has 5 nitrogen and oxygen atoms in total. The van der Waals surface area contributed by atoms with Gasteiger partial charge in [0.25, 0.3) is 0 Å². The SMILES string of the molecule is CCOc1ccc(NC(=O)CCC(=O)OC2CCC(C)C(C)C2)cc1. The van der Waals surface area contributed by atoms with Gasteiger partial charge in [-0.1, -0.05) is 13.8 Å². The molecule has 1 fully saturated rings. The summed E-state index contributed by atoms with van der Waals surface area (Å²) in [7, 11) is 0. The van der Waals surface area contributed by atoms with Crippen molar-refractivity contribution in [3.05, 3.63) is 24.3 Å². The van der Waals surface area contributed by atoms with Crippen LogP contribution in [0.1, 0.15) is 52.9 Å². The van der Waals surface area contributed by atoms with Gasteiger partial charge in [0.2, 0.25) is 5.91 Å². The van der Waals surface area contributed by atoms with Gasteiger partial charge < -0.3 is 14.8 Å². The van der Waals surface area contributed by atoms with E-state index in [0.717, 1.165) is 25.0 Å². The highest BCUT2D eigenvalue weighted by atomic mass is 16.5.